The molecule has 0 aliphatic rings. The van der Waals surface area contributed by atoms with Crippen molar-refractivity contribution in [1.29, 1.82) is 0 Å². The molecule has 3 rings (SSSR count). The Kier molecular flexibility index (Phi) is 7.83. The van der Waals surface area contributed by atoms with Gasteiger partial charge in [0.15, 0.2) is 5.96 Å². The lowest BCUT2D eigenvalue weighted by molar-refractivity contribution is -0.136. The van der Waals surface area contributed by atoms with Gasteiger partial charge in [0.05, 0.1) is 11.1 Å². The largest absolute Gasteiger partial charge is 0.489 e. The third kappa shape index (κ3) is 6.07. The summed E-state index contributed by atoms with van der Waals surface area (Å²) in [7, 11) is 1.47. The van der Waals surface area contributed by atoms with Crippen molar-refractivity contribution in [2.45, 2.75) is 33.2 Å². The molecule has 1 heterocycles. The summed E-state index contributed by atoms with van der Waals surface area (Å²) in [5.74, 6) is -0.901. The van der Waals surface area contributed by atoms with Crippen LogP contribution in [0.1, 0.15) is 41.0 Å². The normalized spacial score (nSPS) is 12.4. The Morgan fingerprint density at radius 3 is 2.35 bits per heavy atom. The van der Waals surface area contributed by atoms with Gasteiger partial charge in [-0.05, 0) is 36.3 Å². The number of rotatable bonds is 8. The molecule has 10 heteroatoms. The van der Waals surface area contributed by atoms with Crippen molar-refractivity contribution in [3.8, 4) is 5.75 Å². The highest BCUT2D eigenvalue weighted by molar-refractivity contribution is 6.04. The van der Waals surface area contributed by atoms with Gasteiger partial charge in [0.25, 0.3) is 5.91 Å². The van der Waals surface area contributed by atoms with Gasteiger partial charge in [0, 0.05) is 25.0 Å². The monoisotopic (exact) mass is 475 g/mol. The van der Waals surface area contributed by atoms with Crippen LogP contribution >= 0.6 is 0 Å². The van der Waals surface area contributed by atoms with Crippen LogP contribution in [0.4, 0.5) is 13.2 Å². The van der Waals surface area contributed by atoms with Gasteiger partial charge in [0.2, 0.25) is 0 Å². The molecule has 2 aromatic carbocycles. The number of nitrogens with one attached hydrogen (secondary N) is 2. The van der Waals surface area contributed by atoms with Crippen LogP contribution in [0, 0.1) is 0 Å². The van der Waals surface area contributed by atoms with Crippen LogP contribution in [-0.2, 0) is 19.3 Å². The van der Waals surface area contributed by atoms with Gasteiger partial charge in [-0.1, -0.05) is 38.1 Å². The molecular weight excluding hydrogens is 447 g/mol. The van der Waals surface area contributed by atoms with E-state index in [0.29, 0.717) is 0 Å². The number of alkyl halides is 3. The fourth-order valence-corrected chi connectivity index (χ4v) is 3.48. The number of H-pyrrole nitrogens is 1. The maximum Gasteiger partial charge on any atom is 0.417 e. The van der Waals surface area contributed by atoms with Crippen molar-refractivity contribution in [1.82, 2.24) is 15.2 Å². The van der Waals surface area contributed by atoms with Crippen molar-refractivity contribution >= 4 is 22.8 Å². The van der Waals surface area contributed by atoms with Gasteiger partial charge < -0.3 is 20.8 Å². The predicted molar refractivity (Wildman–Crippen MR) is 126 cm³/mol. The molecule has 4 N–H and O–H groups in total. The Morgan fingerprint density at radius 1 is 1.12 bits per heavy atom. The average Bonchev–Trinajstić information content (AvgIpc) is 3.25. The smallest absolute Gasteiger partial charge is 0.417 e. The van der Waals surface area contributed by atoms with Crippen molar-refractivity contribution in [3.05, 3.63) is 64.8 Å². The van der Waals surface area contributed by atoms with Crippen LogP contribution in [0.15, 0.2) is 47.5 Å². The van der Waals surface area contributed by atoms with Crippen molar-refractivity contribution in [3.63, 3.8) is 0 Å². The number of hydrogen-bond donors (Lipinski definition) is 3. The lowest BCUT2D eigenvalue weighted by Crippen LogP contribution is -2.28. The lowest BCUT2D eigenvalue weighted by Gasteiger charge is -2.18. The van der Waals surface area contributed by atoms with Crippen molar-refractivity contribution in [2.75, 3.05) is 20.1 Å². The van der Waals surface area contributed by atoms with E-state index in [1.807, 2.05) is 24.3 Å². The number of carbonyl (C=O) groups is 1. The zero-order valence-electron chi connectivity index (χ0n) is 19.3. The van der Waals surface area contributed by atoms with Crippen LogP contribution < -0.4 is 15.8 Å². The van der Waals surface area contributed by atoms with Crippen LogP contribution in [0.2, 0.25) is 0 Å². The standard InChI is InChI=1S/C24H28F3N5O2/c1-4-32(5-2)13-15-6-8-16(9-7-15)14-34-17-10-19(24(25,26)27)18-12-21(30-20(18)11-17)22(33)31-23(28)29-3/h6-12,30H,4-5,13-14H2,1-3H3,(H3,28,29,31,33). The van der Waals surface area contributed by atoms with Gasteiger partial charge in [-0.2, -0.15) is 18.2 Å². The molecular formula is C24H28F3N5O2. The Labute approximate surface area is 195 Å². The number of halogens is 3. The van der Waals surface area contributed by atoms with Gasteiger partial charge in [-0.15, -0.1) is 0 Å². The first-order chi connectivity index (χ1) is 16.1. The van der Waals surface area contributed by atoms with Crippen molar-refractivity contribution < 1.29 is 22.7 Å². The minimum absolute atomic E-state index is 0.0335. The summed E-state index contributed by atoms with van der Waals surface area (Å²) in [5, 5.41) is 2.33. The molecule has 0 unspecified atom stereocenters. The zero-order chi connectivity index (χ0) is 24.9. The molecule has 0 fully saturated rings. The molecule has 3 aromatic rings. The third-order valence-corrected chi connectivity index (χ3v) is 5.45. The molecule has 182 valence electrons. The highest BCUT2D eigenvalue weighted by Gasteiger charge is 2.34. The Bertz CT molecular complexity index is 1170. The van der Waals surface area contributed by atoms with E-state index < -0.39 is 17.6 Å². The van der Waals surface area contributed by atoms with Crippen LogP contribution in [0.3, 0.4) is 0 Å². The maximum atomic E-state index is 13.7. The number of aromatic amines is 1. The number of hydrogen-bond acceptors (Lipinski definition) is 3. The summed E-state index contributed by atoms with van der Waals surface area (Å²) >= 11 is 0. The average molecular weight is 476 g/mol. The van der Waals surface area contributed by atoms with E-state index in [9.17, 15) is 18.0 Å². The fourth-order valence-electron chi connectivity index (χ4n) is 3.48. The number of nitrogens with zero attached hydrogens (tertiary/aromatic N) is 2. The van der Waals surface area contributed by atoms with Crippen LogP contribution in [-0.4, -0.2) is 41.9 Å². The van der Waals surface area contributed by atoms with E-state index in [4.69, 9.17) is 10.5 Å². The molecule has 0 bridgehead atoms. The molecule has 0 atom stereocenters. The van der Waals surface area contributed by atoms with Gasteiger partial charge in [-0.3, -0.25) is 9.69 Å². The minimum Gasteiger partial charge on any atom is -0.489 e. The highest BCUT2D eigenvalue weighted by atomic mass is 19.4. The van der Waals surface area contributed by atoms with Crippen LogP contribution in [0.5, 0.6) is 5.75 Å². The second kappa shape index (κ2) is 10.6. The number of fused-ring (bicyclic) bond motifs is 1. The second-order valence-corrected chi connectivity index (χ2v) is 7.73. The molecule has 1 aromatic heterocycles. The summed E-state index contributed by atoms with van der Waals surface area (Å²) in [6.07, 6.45) is -4.64. The number of aromatic nitrogens is 1. The lowest BCUT2D eigenvalue weighted by atomic mass is 10.1. The van der Waals surface area contributed by atoms with Crippen molar-refractivity contribution in [2.24, 2.45) is 10.7 Å². The fraction of sp³-hybridized carbons (Fsp3) is 0.333. The Morgan fingerprint density at radius 2 is 1.76 bits per heavy atom. The number of guanidine groups is 1. The van der Waals surface area contributed by atoms with Crippen LogP contribution in [0.25, 0.3) is 10.9 Å². The maximum absolute atomic E-state index is 13.7. The quantitative estimate of drug-likeness (QED) is 0.334. The summed E-state index contributed by atoms with van der Waals surface area (Å²) in [5.41, 5.74) is 6.55. The van der Waals surface area contributed by atoms with Gasteiger partial charge >= 0.3 is 6.18 Å². The molecule has 0 aliphatic heterocycles. The predicted octanol–water partition coefficient (Wildman–Crippen LogP) is 4.28. The number of ether oxygens (including phenoxy) is 1. The summed E-state index contributed by atoms with van der Waals surface area (Å²) in [6, 6.07) is 11.3. The van der Waals surface area contributed by atoms with Gasteiger partial charge in [0.1, 0.15) is 18.1 Å². The first-order valence-corrected chi connectivity index (χ1v) is 10.9. The number of carbonyl (C=O) groups excluding carboxylic acids is 1. The first-order valence-electron chi connectivity index (χ1n) is 10.9. The molecule has 0 saturated carbocycles. The van der Waals surface area contributed by atoms with E-state index in [1.54, 1.807) is 0 Å². The SMILES string of the molecule is CCN(CC)Cc1ccc(COc2cc(C(F)(F)F)c3cc(C(=O)N=C(N)NC)[nH]c3c2)cc1. The summed E-state index contributed by atoms with van der Waals surface area (Å²) < 4.78 is 46.9. The molecule has 7 nitrogen and oxygen atoms in total. The Hall–Kier alpha value is -3.53. The topological polar surface area (TPSA) is 95.7 Å². The molecule has 1 amide bonds. The molecule has 0 spiro atoms. The summed E-state index contributed by atoms with van der Waals surface area (Å²) in [6.45, 7) is 7.04. The summed E-state index contributed by atoms with van der Waals surface area (Å²) in [4.78, 5) is 20.8. The third-order valence-electron chi connectivity index (χ3n) is 5.45. The van der Waals surface area contributed by atoms with E-state index in [0.717, 1.165) is 42.9 Å². The first kappa shape index (κ1) is 25.1. The zero-order valence-corrected chi connectivity index (χ0v) is 19.3. The van der Waals surface area contributed by atoms with E-state index in [1.165, 1.54) is 13.1 Å². The van der Waals surface area contributed by atoms with Gasteiger partial charge in [-0.25, -0.2) is 0 Å². The van der Waals surface area contributed by atoms with E-state index >= 15 is 0 Å². The number of benzene rings is 2. The minimum atomic E-state index is -4.64. The van der Waals surface area contributed by atoms with E-state index in [2.05, 4.69) is 34.0 Å². The number of nitrogens with two attached hydrogens (primary N) is 1. The second-order valence-electron chi connectivity index (χ2n) is 7.73. The van der Waals surface area contributed by atoms with E-state index in [-0.39, 0.29) is 34.9 Å². The number of aliphatic imine (C=N–C) groups is 1. The highest BCUT2D eigenvalue weighted by Crippen LogP contribution is 2.38. The molecule has 0 aliphatic carbocycles. The number of amides is 1. The molecule has 34 heavy (non-hydrogen) atoms. The molecule has 0 radical (unpaired) electrons. The Balaban J connectivity index is 1.83. The molecule has 0 saturated heterocycles.